The van der Waals surface area contributed by atoms with Crippen LogP contribution in [0.1, 0.15) is 32.4 Å². The van der Waals surface area contributed by atoms with E-state index in [9.17, 15) is 9.18 Å². The minimum Gasteiger partial charge on any atom is -0.355 e. The lowest BCUT2D eigenvalue weighted by atomic mass is 10.1. The summed E-state index contributed by atoms with van der Waals surface area (Å²) in [5.41, 5.74) is 0.961. The van der Waals surface area contributed by atoms with Crippen LogP contribution >= 0.6 is 0 Å². The van der Waals surface area contributed by atoms with Crippen LogP contribution in [0, 0.1) is 5.82 Å². The molecule has 3 nitrogen and oxygen atoms in total. The number of carbonyl (C=O) groups is 1. The van der Waals surface area contributed by atoms with Gasteiger partial charge in [0.1, 0.15) is 5.82 Å². The predicted molar refractivity (Wildman–Crippen MR) is 66.1 cm³/mol. The van der Waals surface area contributed by atoms with E-state index in [1.165, 1.54) is 12.1 Å². The maximum atomic E-state index is 12.8. The Kier molecular flexibility index (Phi) is 5.10. The minimum absolute atomic E-state index is 0.00760. The van der Waals surface area contributed by atoms with Gasteiger partial charge in [-0.25, -0.2) is 4.39 Å². The summed E-state index contributed by atoms with van der Waals surface area (Å²) in [4.78, 5) is 11.5. The van der Waals surface area contributed by atoms with Crippen LogP contribution in [0.25, 0.3) is 0 Å². The van der Waals surface area contributed by atoms with Gasteiger partial charge in [-0.1, -0.05) is 12.1 Å². The Morgan fingerprint density at radius 3 is 2.41 bits per heavy atom. The van der Waals surface area contributed by atoms with Crippen molar-refractivity contribution in [2.45, 2.75) is 32.9 Å². The summed E-state index contributed by atoms with van der Waals surface area (Å²) in [5, 5.41) is 5.92. The number of benzene rings is 1. The molecule has 1 unspecified atom stereocenters. The molecule has 4 heteroatoms. The summed E-state index contributed by atoms with van der Waals surface area (Å²) < 4.78 is 12.8. The second kappa shape index (κ2) is 6.35. The third kappa shape index (κ3) is 4.15. The standard InChI is InChI=1S/C13H19FN2O/c1-4-15-13(17)10(3)16-9(2)11-5-7-12(14)8-6-11/h5-10,16H,4H2,1-3H3,(H,15,17)/t9-,10?/m0/s1. The molecule has 1 amide bonds. The molecular formula is C13H19FN2O. The number of hydrogen-bond donors (Lipinski definition) is 2. The van der Waals surface area contributed by atoms with Crippen LogP contribution in [0.15, 0.2) is 24.3 Å². The third-order valence-corrected chi connectivity index (χ3v) is 2.61. The number of likely N-dealkylation sites (N-methyl/N-ethyl adjacent to an activating group) is 1. The predicted octanol–water partition coefficient (Wildman–Crippen LogP) is 2.00. The lowest BCUT2D eigenvalue weighted by molar-refractivity contribution is -0.122. The first kappa shape index (κ1) is 13.6. The van der Waals surface area contributed by atoms with E-state index in [4.69, 9.17) is 0 Å². The Bertz CT molecular complexity index is 364. The molecule has 0 aliphatic heterocycles. The molecule has 0 fully saturated rings. The molecule has 94 valence electrons. The molecule has 0 saturated carbocycles. The van der Waals surface area contributed by atoms with Crippen LogP contribution in [0.5, 0.6) is 0 Å². The highest BCUT2D eigenvalue weighted by atomic mass is 19.1. The molecule has 0 aromatic heterocycles. The van der Waals surface area contributed by atoms with Crippen molar-refractivity contribution in [3.63, 3.8) is 0 Å². The van der Waals surface area contributed by atoms with Crippen molar-refractivity contribution in [2.24, 2.45) is 0 Å². The number of amides is 1. The lowest BCUT2D eigenvalue weighted by Crippen LogP contribution is -2.43. The van der Waals surface area contributed by atoms with Crippen LogP contribution in [-0.2, 0) is 4.79 Å². The van der Waals surface area contributed by atoms with Gasteiger partial charge in [0.05, 0.1) is 6.04 Å². The van der Waals surface area contributed by atoms with E-state index in [-0.39, 0.29) is 23.8 Å². The molecule has 0 aliphatic carbocycles. The molecule has 0 saturated heterocycles. The molecule has 0 spiro atoms. The zero-order valence-corrected chi connectivity index (χ0v) is 10.5. The normalized spacial score (nSPS) is 14.1. The van der Waals surface area contributed by atoms with Gasteiger partial charge < -0.3 is 5.32 Å². The fraction of sp³-hybridized carbons (Fsp3) is 0.462. The van der Waals surface area contributed by atoms with Crippen molar-refractivity contribution in [2.75, 3.05) is 6.54 Å². The fourth-order valence-corrected chi connectivity index (χ4v) is 1.63. The highest BCUT2D eigenvalue weighted by molar-refractivity contribution is 5.81. The molecular weight excluding hydrogens is 219 g/mol. The van der Waals surface area contributed by atoms with Gasteiger partial charge in [-0.3, -0.25) is 10.1 Å². The van der Waals surface area contributed by atoms with E-state index in [2.05, 4.69) is 10.6 Å². The quantitative estimate of drug-likeness (QED) is 0.823. The van der Waals surface area contributed by atoms with Crippen molar-refractivity contribution < 1.29 is 9.18 Å². The summed E-state index contributed by atoms with van der Waals surface area (Å²) in [6, 6.07) is 6.02. The summed E-state index contributed by atoms with van der Waals surface area (Å²) in [7, 11) is 0. The Hall–Kier alpha value is -1.42. The third-order valence-electron chi connectivity index (χ3n) is 2.61. The Balaban J connectivity index is 2.56. The van der Waals surface area contributed by atoms with Gasteiger partial charge in [0.15, 0.2) is 0 Å². The first-order valence-electron chi connectivity index (χ1n) is 5.83. The van der Waals surface area contributed by atoms with E-state index in [0.717, 1.165) is 5.56 Å². The van der Waals surface area contributed by atoms with Crippen LogP contribution in [-0.4, -0.2) is 18.5 Å². The lowest BCUT2D eigenvalue weighted by Gasteiger charge is -2.19. The zero-order chi connectivity index (χ0) is 12.8. The summed E-state index contributed by atoms with van der Waals surface area (Å²) in [6.45, 7) is 6.26. The highest BCUT2D eigenvalue weighted by Gasteiger charge is 2.15. The topological polar surface area (TPSA) is 41.1 Å². The zero-order valence-electron chi connectivity index (χ0n) is 10.5. The maximum absolute atomic E-state index is 12.8. The van der Waals surface area contributed by atoms with Gasteiger partial charge in [0, 0.05) is 12.6 Å². The van der Waals surface area contributed by atoms with Crippen LogP contribution in [0.2, 0.25) is 0 Å². The first-order chi connectivity index (χ1) is 8.04. The molecule has 0 radical (unpaired) electrons. The number of halogens is 1. The van der Waals surface area contributed by atoms with Gasteiger partial charge in [-0.15, -0.1) is 0 Å². The van der Waals surface area contributed by atoms with E-state index < -0.39 is 0 Å². The first-order valence-corrected chi connectivity index (χ1v) is 5.83. The van der Waals surface area contributed by atoms with Crippen molar-refractivity contribution >= 4 is 5.91 Å². The summed E-state index contributed by atoms with van der Waals surface area (Å²) in [6.07, 6.45) is 0. The number of carbonyl (C=O) groups excluding carboxylic acids is 1. The van der Waals surface area contributed by atoms with Crippen molar-refractivity contribution in [1.82, 2.24) is 10.6 Å². The molecule has 0 heterocycles. The van der Waals surface area contributed by atoms with Gasteiger partial charge in [0.25, 0.3) is 0 Å². The van der Waals surface area contributed by atoms with Crippen molar-refractivity contribution in [3.05, 3.63) is 35.6 Å². The van der Waals surface area contributed by atoms with E-state index >= 15 is 0 Å². The average molecular weight is 238 g/mol. The van der Waals surface area contributed by atoms with Crippen molar-refractivity contribution in [3.8, 4) is 0 Å². The van der Waals surface area contributed by atoms with Crippen molar-refractivity contribution in [1.29, 1.82) is 0 Å². The molecule has 17 heavy (non-hydrogen) atoms. The largest absolute Gasteiger partial charge is 0.355 e. The molecule has 1 aromatic rings. The number of nitrogens with one attached hydrogen (secondary N) is 2. The van der Waals surface area contributed by atoms with E-state index in [1.807, 2.05) is 20.8 Å². The maximum Gasteiger partial charge on any atom is 0.236 e. The van der Waals surface area contributed by atoms with Gasteiger partial charge in [-0.05, 0) is 38.5 Å². The second-order valence-electron chi connectivity index (χ2n) is 4.06. The van der Waals surface area contributed by atoms with E-state index in [0.29, 0.717) is 6.54 Å². The molecule has 1 aromatic carbocycles. The van der Waals surface area contributed by atoms with Crippen LogP contribution in [0.3, 0.4) is 0 Å². The van der Waals surface area contributed by atoms with Crippen LogP contribution < -0.4 is 10.6 Å². The Morgan fingerprint density at radius 1 is 1.29 bits per heavy atom. The molecule has 0 aliphatic rings. The Morgan fingerprint density at radius 2 is 1.88 bits per heavy atom. The van der Waals surface area contributed by atoms with Gasteiger partial charge in [-0.2, -0.15) is 0 Å². The molecule has 2 atom stereocenters. The van der Waals surface area contributed by atoms with Gasteiger partial charge >= 0.3 is 0 Å². The summed E-state index contributed by atoms with van der Waals surface area (Å²) >= 11 is 0. The molecule has 1 rings (SSSR count). The smallest absolute Gasteiger partial charge is 0.236 e. The average Bonchev–Trinajstić information content (AvgIpc) is 2.30. The van der Waals surface area contributed by atoms with Gasteiger partial charge in [0.2, 0.25) is 5.91 Å². The SMILES string of the molecule is CCNC(=O)C(C)N[C@@H](C)c1ccc(F)cc1. The fourth-order valence-electron chi connectivity index (χ4n) is 1.63. The second-order valence-corrected chi connectivity index (χ2v) is 4.06. The molecule has 0 bridgehead atoms. The highest BCUT2D eigenvalue weighted by Crippen LogP contribution is 2.13. The minimum atomic E-state index is -0.269. The monoisotopic (exact) mass is 238 g/mol. The Labute approximate surface area is 101 Å². The van der Waals surface area contributed by atoms with E-state index in [1.54, 1.807) is 12.1 Å². The summed E-state index contributed by atoms with van der Waals surface area (Å²) in [5.74, 6) is -0.279. The number of rotatable bonds is 5. The molecule has 2 N–H and O–H groups in total. The number of hydrogen-bond acceptors (Lipinski definition) is 2. The van der Waals surface area contributed by atoms with Crippen LogP contribution in [0.4, 0.5) is 4.39 Å².